The molecule has 0 aliphatic carbocycles. The summed E-state index contributed by atoms with van der Waals surface area (Å²) in [6.07, 6.45) is 1.93. The lowest BCUT2D eigenvalue weighted by Gasteiger charge is -2.12. The lowest BCUT2D eigenvalue weighted by Crippen LogP contribution is -2.18. The molecule has 1 aromatic heterocycles. The zero-order valence-corrected chi connectivity index (χ0v) is 12.2. The van der Waals surface area contributed by atoms with Crippen LogP contribution in [0.3, 0.4) is 0 Å². The first-order valence-corrected chi connectivity index (χ1v) is 6.88. The summed E-state index contributed by atoms with van der Waals surface area (Å²) in [4.78, 5) is 11.9. The minimum absolute atomic E-state index is 0.110. The van der Waals surface area contributed by atoms with Crippen molar-refractivity contribution in [3.63, 3.8) is 0 Å². The first kappa shape index (κ1) is 14.9. The predicted octanol–water partition coefficient (Wildman–Crippen LogP) is 2.45. The molecule has 0 unspecified atom stereocenters. The molecule has 6 nitrogen and oxygen atoms in total. The second-order valence-corrected chi connectivity index (χ2v) is 4.97. The molecule has 0 spiro atoms. The second-order valence-electron chi connectivity index (χ2n) is 4.97. The number of benzene rings is 1. The molecule has 0 aliphatic rings. The lowest BCUT2D eigenvalue weighted by molar-refractivity contribution is -0.116. The van der Waals surface area contributed by atoms with Gasteiger partial charge in [-0.2, -0.15) is 5.10 Å². The number of carbonyl (C=O) groups is 1. The molecule has 1 heterocycles. The Morgan fingerprint density at radius 2 is 2.24 bits per heavy atom. The molecule has 0 saturated carbocycles. The van der Waals surface area contributed by atoms with Gasteiger partial charge >= 0.3 is 0 Å². The van der Waals surface area contributed by atoms with E-state index < -0.39 is 0 Å². The van der Waals surface area contributed by atoms with Crippen molar-refractivity contribution >= 4 is 17.4 Å². The fourth-order valence-corrected chi connectivity index (χ4v) is 1.90. The highest BCUT2D eigenvalue weighted by Crippen LogP contribution is 2.15. The standard InChI is InChI=1S/C15H20N4O2/c1-11(2)19-14(6-8-17-19)18-15(20)7-9-21-13-5-3-4-12(16)10-13/h3-6,8,10-11H,7,9,16H2,1-2H3,(H,18,20). The third-order valence-corrected chi connectivity index (χ3v) is 2.88. The molecule has 0 bridgehead atoms. The number of nitrogens with zero attached hydrogens (tertiary/aromatic N) is 2. The summed E-state index contributed by atoms with van der Waals surface area (Å²) >= 11 is 0. The fraction of sp³-hybridized carbons (Fsp3) is 0.333. The maximum absolute atomic E-state index is 11.9. The molecule has 3 N–H and O–H groups in total. The van der Waals surface area contributed by atoms with E-state index >= 15 is 0 Å². The summed E-state index contributed by atoms with van der Waals surface area (Å²) in [6, 6.07) is 9.10. The van der Waals surface area contributed by atoms with Gasteiger partial charge in [0, 0.05) is 23.9 Å². The van der Waals surface area contributed by atoms with Gasteiger partial charge in [0.2, 0.25) is 5.91 Å². The number of anilines is 2. The topological polar surface area (TPSA) is 82.2 Å². The summed E-state index contributed by atoms with van der Waals surface area (Å²) in [6.45, 7) is 4.31. The lowest BCUT2D eigenvalue weighted by atomic mass is 10.3. The summed E-state index contributed by atoms with van der Waals surface area (Å²) in [5, 5.41) is 6.99. The van der Waals surface area contributed by atoms with Crippen molar-refractivity contribution in [2.45, 2.75) is 26.3 Å². The van der Waals surface area contributed by atoms with Crippen molar-refractivity contribution in [2.24, 2.45) is 0 Å². The largest absolute Gasteiger partial charge is 0.493 e. The highest BCUT2D eigenvalue weighted by molar-refractivity contribution is 5.89. The van der Waals surface area contributed by atoms with Gasteiger partial charge in [0.15, 0.2) is 0 Å². The number of hydrogen-bond acceptors (Lipinski definition) is 4. The molecular formula is C15H20N4O2. The van der Waals surface area contributed by atoms with E-state index in [1.165, 1.54) is 0 Å². The normalized spacial score (nSPS) is 10.6. The summed E-state index contributed by atoms with van der Waals surface area (Å²) < 4.78 is 7.25. The van der Waals surface area contributed by atoms with Crippen molar-refractivity contribution in [1.29, 1.82) is 0 Å². The van der Waals surface area contributed by atoms with Crippen LogP contribution in [-0.4, -0.2) is 22.3 Å². The molecule has 2 aromatic rings. The molecule has 2 rings (SSSR count). The molecule has 0 aliphatic heterocycles. The molecule has 0 saturated heterocycles. The van der Waals surface area contributed by atoms with E-state index in [1.807, 2.05) is 26.0 Å². The summed E-state index contributed by atoms with van der Waals surface area (Å²) in [7, 11) is 0. The Bertz CT molecular complexity index is 607. The van der Waals surface area contributed by atoms with E-state index in [1.54, 1.807) is 29.1 Å². The zero-order valence-electron chi connectivity index (χ0n) is 12.2. The van der Waals surface area contributed by atoms with Crippen LogP contribution in [0.4, 0.5) is 11.5 Å². The van der Waals surface area contributed by atoms with E-state index in [0.29, 0.717) is 23.9 Å². The van der Waals surface area contributed by atoms with Gasteiger partial charge in [0.1, 0.15) is 11.6 Å². The van der Waals surface area contributed by atoms with Crippen molar-refractivity contribution in [3.8, 4) is 5.75 Å². The van der Waals surface area contributed by atoms with Gasteiger partial charge < -0.3 is 15.8 Å². The minimum atomic E-state index is -0.110. The Hall–Kier alpha value is -2.50. The SMILES string of the molecule is CC(C)n1nccc1NC(=O)CCOc1cccc(N)c1. The Balaban J connectivity index is 1.81. The van der Waals surface area contributed by atoms with Gasteiger partial charge in [0.05, 0.1) is 19.2 Å². The van der Waals surface area contributed by atoms with Gasteiger partial charge in [0.25, 0.3) is 0 Å². The van der Waals surface area contributed by atoms with Gasteiger partial charge in [-0.25, -0.2) is 4.68 Å². The number of hydrogen-bond donors (Lipinski definition) is 2. The number of aromatic nitrogens is 2. The van der Waals surface area contributed by atoms with Crippen LogP contribution < -0.4 is 15.8 Å². The van der Waals surface area contributed by atoms with Gasteiger partial charge in [-0.1, -0.05) is 6.07 Å². The van der Waals surface area contributed by atoms with E-state index in [4.69, 9.17) is 10.5 Å². The number of ether oxygens (including phenoxy) is 1. The molecule has 0 atom stereocenters. The van der Waals surface area contributed by atoms with E-state index in [2.05, 4.69) is 10.4 Å². The Labute approximate surface area is 123 Å². The first-order chi connectivity index (χ1) is 10.1. The molecule has 112 valence electrons. The van der Waals surface area contributed by atoms with Crippen molar-refractivity contribution in [1.82, 2.24) is 9.78 Å². The molecule has 6 heteroatoms. The van der Waals surface area contributed by atoms with Crippen LogP contribution in [0, 0.1) is 0 Å². The van der Waals surface area contributed by atoms with Gasteiger partial charge in [-0.05, 0) is 26.0 Å². The van der Waals surface area contributed by atoms with Crippen molar-refractivity contribution in [3.05, 3.63) is 36.5 Å². The highest BCUT2D eigenvalue weighted by atomic mass is 16.5. The minimum Gasteiger partial charge on any atom is -0.493 e. The van der Waals surface area contributed by atoms with E-state index in [0.717, 1.165) is 0 Å². The maximum atomic E-state index is 11.9. The molecule has 1 amide bonds. The average molecular weight is 288 g/mol. The molecule has 1 aromatic carbocycles. The van der Waals surface area contributed by atoms with Crippen LogP contribution in [0.2, 0.25) is 0 Å². The Kier molecular flexibility index (Phi) is 4.81. The zero-order chi connectivity index (χ0) is 15.2. The van der Waals surface area contributed by atoms with Crippen LogP contribution in [0.25, 0.3) is 0 Å². The fourth-order valence-electron chi connectivity index (χ4n) is 1.90. The van der Waals surface area contributed by atoms with Crippen LogP contribution in [0.15, 0.2) is 36.5 Å². The molecule has 0 radical (unpaired) electrons. The van der Waals surface area contributed by atoms with Crippen molar-refractivity contribution < 1.29 is 9.53 Å². The smallest absolute Gasteiger partial charge is 0.228 e. The highest BCUT2D eigenvalue weighted by Gasteiger charge is 2.09. The third kappa shape index (κ3) is 4.24. The number of nitrogens with two attached hydrogens (primary N) is 1. The number of nitrogen functional groups attached to an aromatic ring is 1. The van der Waals surface area contributed by atoms with Crippen LogP contribution in [-0.2, 0) is 4.79 Å². The van der Waals surface area contributed by atoms with Crippen molar-refractivity contribution in [2.75, 3.05) is 17.7 Å². The van der Waals surface area contributed by atoms with Gasteiger partial charge in [-0.3, -0.25) is 4.79 Å². The molecular weight excluding hydrogens is 268 g/mol. The third-order valence-electron chi connectivity index (χ3n) is 2.88. The quantitative estimate of drug-likeness (QED) is 0.800. The van der Waals surface area contributed by atoms with E-state index in [-0.39, 0.29) is 18.4 Å². The second kappa shape index (κ2) is 6.78. The first-order valence-electron chi connectivity index (χ1n) is 6.88. The number of amides is 1. The monoisotopic (exact) mass is 288 g/mol. The van der Waals surface area contributed by atoms with Crippen LogP contribution in [0.5, 0.6) is 5.75 Å². The average Bonchev–Trinajstić information content (AvgIpc) is 2.87. The van der Waals surface area contributed by atoms with Crippen LogP contribution in [0.1, 0.15) is 26.3 Å². The van der Waals surface area contributed by atoms with Gasteiger partial charge in [-0.15, -0.1) is 0 Å². The van der Waals surface area contributed by atoms with E-state index in [9.17, 15) is 4.79 Å². The number of nitrogens with one attached hydrogen (secondary N) is 1. The Morgan fingerprint density at radius 1 is 1.43 bits per heavy atom. The molecule has 0 fully saturated rings. The number of carbonyl (C=O) groups excluding carboxylic acids is 1. The molecule has 21 heavy (non-hydrogen) atoms. The Morgan fingerprint density at radius 3 is 2.95 bits per heavy atom. The maximum Gasteiger partial charge on any atom is 0.228 e. The predicted molar refractivity (Wildman–Crippen MR) is 82.2 cm³/mol. The van der Waals surface area contributed by atoms with Crippen LogP contribution >= 0.6 is 0 Å². The summed E-state index contributed by atoms with van der Waals surface area (Å²) in [5.41, 5.74) is 6.29. The number of rotatable bonds is 6. The summed E-state index contributed by atoms with van der Waals surface area (Å²) in [5.74, 6) is 1.25.